The highest BCUT2D eigenvalue weighted by molar-refractivity contribution is 9.09. The lowest BCUT2D eigenvalue weighted by Gasteiger charge is -2.27. The average Bonchev–Trinajstić information content (AvgIpc) is 2.16. The topological polar surface area (TPSA) is 18.5 Å². The van der Waals surface area contributed by atoms with Gasteiger partial charge in [-0.25, -0.2) is 0 Å². The largest absolute Gasteiger partial charge is 0.352 e. The fraction of sp³-hybridized carbons (Fsp3) is 1.00. The summed E-state index contributed by atoms with van der Waals surface area (Å²) in [7, 11) is 0. The summed E-state index contributed by atoms with van der Waals surface area (Å²) in [6.45, 7) is 5.65. The van der Waals surface area contributed by atoms with Crippen molar-refractivity contribution in [3.8, 4) is 0 Å². The van der Waals surface area contributed by atoms with Gasteiger partial charge in [0.1, 0.15) is 0 Å². The molecule has 3 atom stereocenters. The van der Waals surface area contributed by atoms with Crippen LogP contribution in [0, 0.1) is 5.92 Å². The number of alkyl halides is 2. The molecule has 0 aromatic carbocycles. The highest BCUT2D eigenvalue weighted by atomic mass is 79.9. The van der Waals surface area contributed by atoms with Gasteiger partial charge in [-0.05, 0) is 18.8 Å². The molecule has 2 nitrogen and oxygen atoms in total. The molecule has 0 aromatic heterocycles. The van der Waals surface area contributed by atoms with Crippen LogP contribution in [0.5, 0.6) is 0 Å². The quantitative estimate of drug-likeness (QED) is 0.739. The summed E-state index contributed by atoms with van der Waals surface area (Å²) < 4.78 is 11.1. The maximum atomic E-state index is 5.91. The van der Waals surface area contributed by atoms with Gasteiger partial charge in [-0.15, -0.1) is 11.6 Å². The van der Waals surface area contributed by atoms with Gasteiger partial charge in [0, 0.05) is 4.83 Å². The zero-order chi connectivity index (χ0) is 10.6. The minimum absolute atomic E-state index is 0.0520. The molecule has 0 aromatic rings. The van der Waals surface area contributed by atoms with Crippen molar-refractivity contribution in [2.45, 2.75) is 43.2 Å². The molecule has 1 heterocycles. The predicted octanol–water partition coefficient (Wildman–Crippen LogP) is 3.17. The molecule has 4 heteroatoms. The van der Waals surface area contributed by atoms with Gasteiger partial charge in [0.25, 0.3) is 0 Å². The molecule has 0 bridgehead atoms. The maximum absolute atomic E-state index is 5.91. The van der Waals surface area contributed by atoms with Crippen LogP contribution in [-0.2, 0) is 9.47 Å². The van der Waals surface area contributed by atoms with Crippen LogP contribution in [0.3, 0.4) is 0 Å². The van der Waals surface area contributed by atoms with Crippen LogP contribution in [0.4, 0.5) is 0 Å². The first-order chi connectivity index (χ1) is 6.59. The summed E-state index contributed by atoms with van der Waals surface area (Å²) in [4.78, 5) is 0.403. The Morgan fingerprint density at radius 1 is 1.50 bits per heavy atom. The van der Waals surface area contributed by atoms with Gasteiger partial charge >= 0.3 is 0 Å². The van der Waals surface area contributed by atoms with Crippen molar-refractivity contribution in [3.05, 3.63) is 0 Å². The van der Waals surface area contributed by atoms with Gasteiger partial charge in [-0.1, -0.05) is 29.8 Å². The van der Waals surface area contributed by atoms with E-state index >= 15 is 0 Å². The lowest BCUT2D eigenvalue weighted by molar-refractivity contribution is -0.161. The van der Waals surface area contributed by atoms with Crippen molar-refractivity contribution in [3.63, 3.8) is 0 Å². The summed E-state index contributed by atoms with van der Waals surface area (Å²) in [5.74, 6) is 0.583. The SMILES string of the molecule is CC(C)C(Br)COC1CCC(Cl)CO1. The van der Waals surface area contributed by atoms with Gasteiger partial charge in [0.2, 0.25) is 0 Å². The zero-order valence-corrected chi connectivity index (χ0v) is 11.1. The summed E-state index contributed by atoms with van der Waals surface area (Å²) in [5.41, 5.74) is 0. The fourth-order valence-corrected chi connectivity index (χ4v) is 1.57. The van der Waals surface area contributed by atoms with Crippen LogP contribution >= 0.6 is 27.5 Å². The second-order valence-corrected chi connectivity index (χ2v) is 5.82. The minimum Gasteiger partial charge on any atom is -0.352 e. The van der Waals surface area contributed by atoms with E-state index in [9.17, 15) is 0 Å². The first-order valence-corrected chi connectivity index (χ1v) is 6.46. The lowest BCUT2D eigenvalue weighted by Crippen LogP contribution is -2.30. The van der Waals surface area contributed by atoms with Crippen molar-refractivity contribution >= 4 is 27.5 Å². The summed E-state index contributed by atoms with van der Waals surface area (Å²) in [5, 5.41) is 0.166. The molecule has 0 saturated carbocycles. The average molecular weight is 286 g/mol. The van der Waals surface area contributed by atoms with E-state index < -0.39 is 0 Å². The van der Waals surface area contributed by atoms with Crippen molar-refractivity contribution < 1.29 is 9.47 Å². The van der Waals surface area contributed by atoms with E-state index in [0.717, 1.165) is 12.8 Å². The van der Waals surface area contributed by atoms with Gasteiger partial charge in [-0.2, -0.15) is 0 Å². The van der Waals surface area contributed by atoms with E-state index in [4.69, 9.17) is 21.1 Å². The molecule has 1 rings (SSSR count). The molecule has 0 N–H and O–H groups in total. The van der Waals surface area contributed by atoms with Crippen LogP contribution in [0.1, 0.15) is 26.7 Å². The highest BCUT2D eigenvalue weighted by Gasteiger charge is 2.21. The standard InChI is InChI=1S/C10H18BrClO2/c1-7(2)9(11)6-14-10-4-3-8(12)5-13-10/h7-10H,3-6H2,1-2H3. The van der Waals surface area contributed by atoms with E-state index in [1.165, 1.54) is 0 Å². The second kappa shape index (κ2) is 6.31. The molecule has 0 aliphatic carbocycles. The van der Waals surface area contributed by atoms with Crippen molar-refractivity contribution in [1.82, 2.24) is 0 Å². The number of halogens is 2. The minimum atomic E-state index is -0.0520. The van der Waals surface area contributed by atoms with E-state index in [2.05, 4.69) is 29.8 Å². The molecule has 1 fully saturated rings. The predicted molar refractivity (Wildman–Crippen MR) is 62.1 cm³/mol. The molecule has 0 amide bonds. The Morgan fingerprint density at radius 2 is 2.21 bits per heavy atom. The van der Waals surface area contributed by atoms with Crippen LogP contribution in [0.2, 0.25) is 0 Å². The van der Waals surface area contributed by atoms with Gasteiger partial charge in [0.05, 0.1) is 18.6 Å². The van der Waals surface area contributed by atoms with Gasteiger partial charge in [-0.3, -0.25) is 0 Å². The highest BCUT2D eigenvalue weighted by Crippen LogP contribution is 2.20. The Morgan fingerprint density at radius 3 is 2.71 bits per heavy atom. The van der Waals surface area contributed by atoms with E-state index in [0.29, 0.717) is 24.0 Å². The lowest BCUT2D eigenvalue weighted by atomic mass is 10.1. The molecule has 1 aliphatic rings. The van der Waals surface area contributed by atoms with Crippen LogP contribution in [0.25, 0.3) is 0 Å². The summed E-state index contributed by atoms with van der Waals surface area (Å²) in [6, 6.07) is 0. The smallest absolute Gasteiger partial charge is 0.157 e. The first-order valence-electron chi connectivity index (χ1n) is 5.11. The Hall–Kier alpha value is 0.690. The summed E-state index contributed by atoms with van der Waals surface area (Å²) >= 11 is 9.48. The maximum Gasteiger partial charge on any atom is 0.157 e. The third-order valence-electron chi connectivity index (χ3n) is 2.34. The van der Waals surface area contributed by atoms with Gasteiger partial charge in [0.15, 0.2) is 6.29 Å². The number of hydrogen-bond donors (Lipinski definition) is 0. The molecule has 0 radical (unpaired) electrons. The molecular formula is C10H18BrClO2. The number of rotatable bonds is 4. The van der Waals surface area contributed by atoms with Crippen molar-refractivity contribution in [2.24, 2.45) is 5.92 Å². The Labute approximate surface area is 99.4 Å². The Kier molecular flexibility index (Phi) is 5.75. The van der Waals surface area contributed by atoms with E-state index in [1.807, 2.05) is 0 Å². The zero-order valence-electron chi connectivity index (χ0n) is 8.71. The van der Waals surface area contributed by atoms with E-state index in [1.54, 1.807) is 0 Å². The van der Waals surface area contributed by atoms with Crippen LogP contribution < -0.4 is 0 Å². The molecule has 14 heavy (non-hydrogen) atoms. The number of hydrogen-bond acceptors (Lipinski definition) is 2. The molecule has 0 spiro atoms. The Bertz CT molecular complexity index is 158. The molecule has 1 aliphatic heterocycles. The molecule has 84 valence electrons. The van der Waals surface area contributed by atoms with Crippen molar-refractivity contribution in [2.75, 3.05) is 13.2 Å². The molecule has 1 saturated heterocycles. The van der Waals surface area contributed by atoms with Gasteiger partial charge < -0.3 is 9.47 Å². The van der Waals surface area contributed by atoms with Crippen molar-refractivity contribution in [1.29, 1.82) is 0 Å². The monoisotopic (exact) mass is 284 g/mol. The third-order valence-corrected chi connectivity index (χ3v) is 4.01. The Balaban J connectivity index is 2.13. The van der Waals surface area contributed by atoms with E-state index in [-0.39, 0.29) is 11.7 Å². The number of ether oxygens (including phenoxy) is 2. The second-order valence-electron chi connectivity index (χ2n) is 4.03. The summed E-state index contributed by atoms with van der Waals surface area (Å²) in [6.07, 6.45) is 1.84. The first kappa shape index (κ1) is 12.8. The third kappa shape index (κ3) is 4.47. The normalized spacial score (nSPS) is 30.6. The molecular weight excluding hydrogens is 267 g/mol. The molecule has 3 unspecified atom stereocenters. The van der Waals surface area contributed by atoms with Crippen LogP contribution in [0.15, 0.2) is 0 Å². The van der Waals surface area contributed by atoms with Crippen LogP contribution in [-0.4, -0.2) is 29.7 Å². The fourth-order valence-electron chi connectivity index (χ4n) is 1.22.